The van der Waals surface area contributed by atoms with Crippen LogP contribution in [0.15, 0.2) is 29.3 Å². The van der Waals surface area contributed by atoms with E-state index >= 15 is 0 Å². The SMILES string of the molecule is N#CCC(=NCC1CC2C=CC1C2)NCC1CC2C=CC1C2. The van der Waals surface area contributed by atoms with E-state index in [0.29, 0.717) is 12.3 Å². The molecule has 0 saturated heterocycles. The van der Waals surface area contributed by atoms with Crippen molar-refractivity contribution in [1.82, 2.24) is 5.32 Å². The highest BCUT2D eigenvalue weighted by Gasteiger charge is 2.36. The maximum Gasteiger partial charge on any atom is 0.111 e. The molecule has 0 radical (unpaired) electrons. The van der Waals surface area contributed by atoms with Crippen molar-refractivity contribution >= 4 is 5.84 Å². The first kappa shape index (κ1) is 14.1. The van der Waals surface area contributed by atoms with Crippen molar-refractivity contribution in [2.45, 2.75) is 32.1 Å². The zero-order valence-electron chi connectivity index (χ0n) is 13.1. The van der Waals surface area contributed by atoms with Crippen molar-refractivity contribution in [3.8, 4) is 6.07 Å². The van der Waals surface area contributed by atoms with Crippen molar-refractivity contribution in [2.75, 3.05) is 13.1 Å². The van der Waals surface area contributed by atoms with Gasteiger partial charge in [-0.2, -0.15) is 5.26 Å². The molecule has 0 aromatic carbocycles. The molecule has 4 bridgehead atoms. The third-order valence-electron chi connectivity index (χ3n) is 6.16. The molecular formula is C19H25N3. The Morgan fingerprint density at radius 3 is 2.23 bits per heavy atom. The molecular weight excluding hydrogens is 270 g/mol. The van der Waals surface area contributed by atoms with E-state index in [2.05, 4.69) is 35.7 Å². The second-order valence-corrected chi connectivity index (χ2v) is 7.58. The predicted octanol–water partition coefficient (Wildman–Crippen LogP) is 3.31. The second kappa shape index (κ2) is 5.91. The molecule has 2 saturated carbocycles. The van der Waals surface area contributed by atoms with Gasteiger partial charge in [-0.25, -0.2) is 0 Å². The molecule has 4 aliphatic carbocycles. The van der Waals surface area contributed by atoms with Gasteiger partial charge in [-0.1, -0.05) is 24.3 Å². The summed E-state index contributed by atoms with van der Waals surface area (Å²) < 4.78 is 0. The van der Waals surface area contributed by atoms with Crippen molar-refractivity contribution < 1.29 is 0 Å². The number of nitrogens with one attached hydrogen (secondary N) is 1. The van der Waals surface area contributed by atoms with E-state index in [1.807, 2.05) is 0 Å². The first-order chi connectivity index (χ1) is 10.8. The highest BCUT2D eigenvalue weighted by Crippen LogP contribution is 2.44. The van der Waals surface area contributed by atoms with Crippen molar-refractivity contribution in [2.24, 2.45) is 40.5 Å². The molecule has 4 aliphatic rings. The molecule has 3 nitrogen and oxygen atoms in total. The minimum absolute atomic E-state index is 0.424. The van der Waals surface area contributed by atoms with Gasteiger partial charge in [0.2, 0.25) is 0 Å². The van der Waals surface area contributed by atoms with Crippen LogP contribution in [-0.4, -0.2) is 18.9 Å². The molecule has 6 atom stereocenters. The van der Waals surface area contributed by atoms with Crippen LogP contribution in [0.25, 0.3) is 0 Å². The fourth-order valence-corrected chi connectivity index (χ4v) is 4.96. The second-order valence-electron chi connectivity index (χ2n) is 7.58. The van der Waals surface area contributed by atoms with Crippen LogP contribution in [0.3, 0.4) is 0 Å². The van der Waals surface area contributed by atoms with Gasteiger partial charge in [0.1, 0.15) is 5.84 Å². The van der Waals surface area contributed by atoms with Gasteiger partial charge in [-0.3, -0.25) is 4.99 Å². The number of nitriles is 1. The summed E-state index contributed by atoms with van der Waals surface area (Å²) in [5.74, 6) is 5.48. The van der Waals surface area contributed by atoms with Crippen LogP contribution in [-0.2, 0) is 0 Å². The zero-order chi connectivity index (χ0) is 14.9. The number of allylic oxidation sites excluding steroid dienone is 4. The van der Waals surface area contributed by atoms with Gasteiger partial charge in [0.05, 0.1) is 12.5 Å². The molecule has 0 aliphatic heterocycles. The average molecular weight is 295 g/mol. The molecule has 1 N–H and O–H groups in total. The van der Waals surface area contributed by atoms with Gasteiger partial charge in [-0.15, -0.1) is 0 Å². The lowest BCUT2D eigenvalue weighted by Crippen LogP contribution is -2.31. The predicted molar refractivity (Wildman–Crippen MR) is 88.2 cm³/mol. The minimum atomic E-state index is 0.424. The number of hydrogen-bond acceptors (Lipinski definition) is 2. The quantitative estimate of drug-likeness (QED) is 0.480. The third-order valence-corrected chi connectivity index (χ3v) is 6.16. The molecule has 0 heterocycles. The monoisotopic (exact) mass is 295 g/mol. The van der Waals surface area contributed by atoms with Crippen LogP contribution in [0.2, 0.25) is 0 Å². The van der Waals surface area contributed by atoms with E-state index in [9.17, 15) is 0 Å². The average Bonchev–Trinajstić information content (AvgIpc) is 3.30. The number of fused-ring (bicyclic) bond motifs is 4. The maximum atomic E-state index is 9.04. The summed E-state index contributed by atoms with van der Waals surface area (Å²) in [5.41, 5.74) is 0. The third kappa shape index (κ3) is 2.72. The van der Waals surface area contributed by atoms with Gasteiger partial charge >= 0.3 is 0 Å². The molecule has 22 heavy (non-hydrogen) atoms. The van der Waals surface area contributed by atoms with Crippen LogP contribution in [0.5, 0.6) is 0 Å². The summed E-state index contributed by atoms with van der Waals surface area (Å²) >= 11 is 0. The summed E-state index contributed by atoms with van der Waals surface area (Å²) in [6.45, 7) is 1.88. The summed E-state index contributed by atoms with van der Waals surface area (Å²) in [5, 5.41) is 12.5. The lowest BCUT2D eigenvalue weighted by molar-refractivity contribution is 0.438. The first-order valence-electron chi connectivity index (χ1n) is 8.82. The Kier molecular flexibility index (Phi) is 3.78. The summed E-state index contributed by atoms with van der Waals surface area (Å²) in [4.78, 5) is 4.77. The summed E-state index contributed by atoms with van der Waals surface area (Å²) in [6.07, 6.45) is 15.2. The Morgan fingerprint density at radius 1 is 1.00 bits per heavy atom. The largest absolute Gasteiger partial charge is 0.373 e. The number of hydrogen-bond donors (Lipinski definition) is 1. The number of aliphatic imine (C=N–C) groups is 1. The van der Waals surface area contributed by atoms with Gasteiger partial charge < -0.3 is 5.32 Å². The molecule has 0 aromatic heterocycles. The van der Waals surface area contributed by atoms with Crippen molar-refractivity contribution in [3.05, 3.63) is 24.3 Å². The van der Waals surface area contributed by atoms with Gasteiger partial charge in [0.25, 0.3) is 0 Å². The molecule has 3 heteroatoms. The Morgan fingerprint density at radius 2 is 1.68 bits per heavy atom. The number of amidine groups is 1. The fourth-order valence-electron chi connectivity index (χ4n) is 4.96. The smallest absolute Gasteiger partial charge is 0.111 e. The van der Waals surface area contributed by atoms with E-state index in [0.717, 1.165) is 48.5 Å². The maximum absolute atomic E-state index is 9.04. The standard InChI is InChI=1S/C19H25N3/c20-6-5-19(21-11-17-9-13-1-3-15(17)7-13)22-12-18-10-14-2-4-16(18)8-14/h1-4,13-18H,5,7-12H2,(H,21,22). The lowest BCUT2D eigenvalue weighted by atomic mass is 9.93. The normalized spacial score (nSPS) is 41.3. The first-order valence-corrected chi connectivity index (χ1v) is 8.82. The highest BCUT2D eigenvalue weighted by atomic mass is 15.0. The summed E-state index contributed by atoms with van der Waals surface area (Å²) in [7, 11) is 0. The van der Waals surface area contributed by atoms with Gasteiger partial charge in [0, 0.05) is 13.1 Å². The molecule has 0 amide bonds. The van der Waals surface area contributed by atoms with Crippen molar-refractivity contribution in [3.63, 3.8) is 0 Å². The zero-order valence-corrected chi connectivity index (χ0v) is 13.1. The Hall–Kier alpha value is -1.56. The van der Waals surface area contributed by atoms with Crippen LogP contribution < -0.4 is 5.32 Å². The topological polar surface area (TPSA) is 48.2 Å². The molecule has 6 unspecified atom stereocenters. The number of nitrogens with zero attached hydrogens (tertiary/aromatic N) is 2. The molecule has 4 rings (SSSR count). The van der Waals surface area contributed by atoms with E-state index in [1.54, 1.807) is 0 Å². The lowest BCUT2D eigenvalue weighted by Gasteiger charge is -2.20. The molecule has 116 valence electrons. The van der Waals surface area contributed by atoms with Crippen LogP contribution in [0.1, 0.15) is 32.1 Å². The van der Waals surface area contributed by atoms with E-state index in [4.69, 9.17) is 10.3 Å². The highest BCUT2D eigenvalue weighted by molar-refractivity contribution is 5.84. The van der Waals surface area contributed by atoms with E-state index in [1.165, 1.54) is 25.7 Å². The molecule has 0 spiro atoms. The minimum Gasteiger partial charge on any atom is -0.373 e. The molecule has 2 fully saturated rings. The molecule has 0 aromatic rings. The number of rotatable bonds is 5. The Balaban J connectivity index is 1.30. The summed E-state index contributed by atoms with van der Waals surface area (Å²) in [6, 6.07) is 2.27. The Labute approximate surface area is 133 Å². The van der Waals surface area contributed by atoms with Crippen LogP contribution in [0.4, 0.5) is 0 Å². The van der Waals surface area contributed by atoms with Crippen LogP contribution >= 0.6 is 0 Å². The van der Waals surface area contributed by atoms with E-state index < -0.39 is 0 Å². The van der Waals surface area contributed by atoms with Gasteiger partial charge in [0.15, 0.2) is 0 Å². The Bertz CT molecular complexity index is 554. The van der Waals surface area contributed by atoms with Crippen molar-refractivity contribution in [1.29, 1.82) is 5.26 Å². The van der Waals surface area contributed by atoms with Crippen LogP contribution in [0, 0.1) is 46.8 Å². The van der Waals surface area contributed by atoms with E-state index in [-0.39, 0.29) is 0 Å². The fraction of sp³-hybridized carbons (Fsp3) is 0.684. The van der Waals surface area contributed by atoms with Gasteiger partial charge in [-0.05, 0) is 61.2 Å².